The van der Waals surface area contributed by atoms with Gasteiger partial charge >= 0.3 is 0 Å². The molecule has 0 saturated heterocycles. The Morgan fingerprint density at radius 1 is 0.966 bits per heavy atom. The quantitative estimate of drug-likeness (QED) is 0.629. The van der Waals surface area contributed by atoms with E-state index in [1.165, 1.54) is 16.4 Å². The number of hydrogen-bond acceptors (Lipinski definition) is 3. The zero-order valence-electron chi connectivity index (χ0n) is 16.9. The van der Waals surface area contributed by atoms with Gasteiger partial charge in [-0.05, 0) is 41.5 Å². The average Bonchev–Trinajstić information content (AvgIpc) is 2.74. The summed E-state index contributed by atoms with van der Waals surface area (Å²) in [6.07, 6.45) is 0. The number of carbonyl (C=O) groups is 1. The molecule has 1 unspecified atom stereocenters. The van der Waals surface area contributed by atoms with Crippen LogP contribution < -0.4 is 5.32 Å². The van der Waals surface area contributed by atoms with Gasteiger partial charge in [0.25, 0.3) is 5.91 Å². The van der Waals surface area contributed by atoms with Crippen molar-refractivity contribution in [1.82, 2.24) is 9.62 Å². The molecule has 1 amide bonds. The Hall–Kier alpha value is -2.70. The number of nitrogens with one attached hydrogen (secondary N) is 1. The number of carbonyl (C=O) groups excluding carboxylic acids is 1. The molecule has 152 valence electrons. The largest absolute Gasteiger partial charge is 0.345 e. The Morgan fingerprint density at radius 3 is 2.34 bits per heavy atom. The molecular weight excluding hydrogens is 384 g/mol. The summed E-state index contributed by atoms with van der Waals surface area (Å²) in [6, 6.07) is 20.0. The minimum atomic E-state index is -3.61. The third-order valence-electron chi connectivity index (χ3n) is 5.08. The van der Waals surface area contributed by atoms with Crippen molar-refractivity contribution in [2.45, 2.75) is 31.7 Å². The van der Waals surface area contributed by atoms with Gasteiger partial charge in [0.1, 0.15) is 0 Å². The zero-order valence-corrected chi connectivity index (χ0v) is 17.7. The van der Waals surface area contributed by atoms with Crippen LogP contribution in [0.3, 0.4) is 0 Å². The van der Waals surface area contributed by atoms with Gasteiger partial charge in [-0.1, -0.05) is 62.4 Å². The number of rotatable bonds is 7. The molecule has 0 spiro atoms. The molecule has 0 aliphatic heterocycles. The van der Waals surface area contributed by atoms with E-state index in [1.807, 2.05) is 49.4 Å². The van der Waals surface area contributed by atoms with Crippen LogP contribution in [0.15, 0.2) is 71.6 Å². The van der Waals surface area contributed by atoms with Crippen LogP contribution in [0, 0.1) is 0 Å². The molecule has 3 rings (SSSR count). The summed E-state index contributed by atoms with van der Waals surface area (Å²) in [7, 11) is -3.61. The minimum absolute atomic E-state index is 0.131. The van der Waals surface area contributed by atoms with Crippen molar-refractivity contribution in [1.29, 1.82) is 0 Å². The van der Waals surface area contributed by atoms with Gasteiger partial charge in [-0.3, -0.25) is 4.79 Å². The molecule has 0 aliphatic carbocycles. The van der Waals surface area contributed by atoms with Crippen molar-refractivity contribution in [3.05, 3.63) is 77.9 Å². The summed E-state index contributed by atoms with van der Waals surface area (Å²) in [4.78, 5) is 13.0. The molecule has 0 aromatic heterocycles. The number of sulfonamides is 1. The second kappa shape index (κ2) is 8.76. The van der Waals surface area contributed by atoms with Crippen molar-refractivity contribution < 1.29 is 13.2 Å². The molecule has 1 N–H and O–H groups in total. The van der Waals surface area contributed by atoms with E-state index >= 15 is 0 Å². The Balaban J connectivity index is 1.86. The fourth-order valence-corrected chi connectivity index (χ4v) is 5.00. The van der Waals surface area contributed by atoms with Crippen LogP contribution >= 0.6 is 0 Å². The van der Waals surface area contributed by atoms with Crippen LogP contribution in [0.2, 0.25) is 0 Å². The van der Waals surface area contributed by atoms with Crippen LogP contribution in [0.25, 0.3) is 10.8 Å². The van der Waals surface area contributed by atoms with Crippen molar-refractivity contribution in [2.24, 2.45) is 0 Å². The second-order valence-electron chi connectivity index (χ2n) is 6.88. The third-order valence-corrected chi connectivity index (χ3v) is 7.12. The van der Waals surface area contributed by atoms with E-state index in [2.05, 4.69) is 5.32 Å². The Kier molecular flexibility index (Phi) is 6.35. The maximum atomic E-state index is 12.8. The molecule has 0 saturated carbocycles. The monoisotopic (exact) mass is 410 g/mol. The van der Waals surface area contributed by atoms with Crippen molar-refractivity contribution in [3.8, 4) is 0 Å². The normalized spacial score (nSPS) is 12.8. The van der Waals surface area contributed by atoms with Gasteiger partial charge in [-0.25, -0.2) is 8.42 Å². The van der Waals surface area contributed by atoms with Gasteiger partial charge in [-0.2, -0.15) is 4.31 Å². The molecule has 0 radical (unpaired) electrons. The van der Waals surface area contributed by atoms with Gasteiger partial charge in [0.2, 0.25) is 10.0 Å². The van der Waals surface area contributed by atoms with Crippen molar-refractivity contribution >= 4 is 26.7 Å². The van der Waals surface area contributed by atoms with Crippen LogP contribution in [0.4, 0.5) is 0 Å². The summed E-state index contributed by atoms with van der Waals surface area (Å²) >= 11 is 0. The highest BCUT2D eigenvalue weighted by Gasteiger charge is 2.23. The maximum absolute atomic E-state index is 12.8. The van der Waals surface area contributed by atoms with E-state index in [0.717, 1.165) is 16.3 Å². The highest BCUT2D eigenvalue weighted by Crippen LogP contribution is 2.24. The fourth-order valence-electron chi connectivity index (χ4n) is 3.50. The lowest BCUT2D eigenvalue weighted by molar-refractivity contribution is 0.0940. The molecule has 3 aromatic rings. The summed E-state index contributed by atoms with van der Waals surface area (Å²) in [5.41, 5.74) is 1.34. The van der Waals surface area contributed by atoms with Crippen molar-refractivity contribution in [3.63, 3.8) is 0 Å². The molecule has 29 heavy (non-hydrogen) atoms. The summed E-state index contributed by atoms with van der Waals surface area (Å²) in [5, 5.41) is 5.19. The number of amides is 1. The van der Waals surface area contributed by atoms with Crippen LogP contribution in [0.5, 0.6) is 0 Å². The van der Waals surface area contributed by atoms with Crippen molar-refractivity contribution in [2.75, 3.05) is 13.1 Å². The first-order valence-corrected chi connectivity index (χ1v) is 11.2. The SMILES string of the molecule is CCN(CC)S(=O)(=O)c1cccc(C(=O)NC(C)c2cccc3ccccc23)c1. The minimum Gasteiger partial charge on any atom is -0.345 e. The molecule has 5 nitrogen and oxygen atoms in total. The third kappa shape index (κ3) is 4.33. The Morgan fingerprint density at radius 2 is 1.62 bits per heavy atom. The van der Waals surface area contributed by atoms with Gasteiger partial charge in [0, 0.05) is 18.7 Å². The Bertz CT molecular complexity index is 1120. The summed E-state index contributed by atoms with van der Waals surface area (Å²) in [5.74, 6) is -0.304. The zero-order chi connectivity index (χ0) is 21.0. The average molecular weight is 411 g/mol. The van der Waals surface area contributed by atoms with E-state index in [9.17, 15) is 13.2 Å². The fraction of sp³-hybridized carbons (Fsp3) is 0.261. The molecular formula is C23H26N2O3S. The lowest BCUT2D eigenvalue weighted by atomic mass is 9.99. The smallest absolute Gasteiger partial charge is 0.251 e. The second-order valence-corrected chi connectivity index (χ2v) is 8.82. The first-order valence-electron chi connectivity index (χ1n) is 9.77. The van der Waals surface area contributed by atoms with Gasteiger partial charge in [-0.15, -0.1) is 0 Å². The number of hydrogen-bond donors (Lipinski definition) is 1. The topological polar surface area (TPSA) is 66.5 Å². The standard InChI is InChI=1S/C23H26N2O3S/c1-4-25(5-2)29(27,28)20-13-8-12-19(16-20)23(26)24-17(3)21-15-9-11-18-10-6-7-14-22(18)21/h6-17H,4-5H2,1-3H3,(H,24,26). The highest BCUT2D eigenvalue weighted by molar-refractivity contribution is 7.89. The van der Waals surface area contributed by atoms with Crippen LogP contribution in [-0.4, -0.2) is 31.7 Å². The van der Waals surface area contributed by atoms with E-state index in [1.54, 1.807) is 26.0 Å². The first kappa shape index (κ1) is 21.0. The van der Waals surface area contributed by atoms with Gasteiger partial charge < -0.3 is 5.32 Å². The molecule has 0 fully saturated rings. The van der Waals surface area contributed by atoms with E-state index in [-0.39, 0.29) is 16.8 Å². The van der Waals surface area contributed by atoms with E-state index in [4.69, 9.17) is 0 Å². The maximum Gasteiger partial charge on any atom is 0.251 e. The lowest BCUT2D eigenvalue weighted by Gasteiger charge is -2.19. The number of nitrogens with zero attached hydrogens (tertiary/aromatic N) is 1. The predicted molar refractivity (Wildman–Crippen MR) is 116 cm³/mol. The number of fused-ring (bicyclic) bond motifs is 1. The molecule has 0 aliphatic rings. The number of benzene rings is 3. The molecule has 6 heteroatoms. The molecule has 3 aromatic carbocycles. The van der Waals surface area contributed by atoms with Gasteiger partial charge in [0.05, 0.1) is 10.9 Å². The predicted octanol–water partition coefficient (Wildman–Crippen LogP) is 4.36. The molecule has 0 heterocycles. The van der Waals surface area contributed by atoms with Crippen LogP contribution in [-0.2, 0) is 10.0 Å². The molecule has 0 bridgehead atoms. The van der Waals surface area contributed by atoms with E-state index < -0.39 is 10.0 Å². The first-order chi connectivity index (χ1) is 13.9. The Labute approximate surface area is 172 Å². The van der Waals surface area contributed by atoms with Gasteiger partial charge in [0.15, 0.2) is 0 Å². The highest BCUT2D eigenvalue weighted by atomic mass is 32.2. The summed E-state index contributed by atoms with van der Waals surface area (Å²) < 4.78 is 26.9. The summed E-state index contributed by atoms with van der Waals surface area (Å²) in [6.45, 7) is 6.28. The lowest BCUT2D eigenvalue weighted by Crippen LogP contribution is -2.31. The molecule has 1 atom stereocenters. The van der Waals surface area contributed by atoms with Crippen LogP contribution in [0.1, 0.15) is 42.7 Å². The van der Waals surface area contributed by atoms with E-state index in [0.29, 0.717) is 18.7 Å².